The zero-order valence-corrected chi connectivity index (χ0v) is 5.77. The Morgan fingerprint density at radius 1 is 1.50 bits per heavy atom. The molecule has 0 unspecified atom stereocenters. The average molecular weight is 118 g/mol. The van der Waals surface area contributed by atoms with Gasteiger partial charge in [0, 0.05) is 13.7 Å². The fraction of sp³-hybridized carbons (Fsp3) is 1.00. The van der Waals surface area contributed by atoms with E-state index in [0.717, 1.165) is 0 Å². The van der Waals surface area contributed by atoms with Gasteiger partial charge in [-0.1, -0.05) is 0 Å². The highest BCUT2D eigenvalue weighted by atomic mass is 16.5. The van der Waals surface area contributed by atoms with Gasteiger partial charge < -0.3 is 9.84 Å². The maximum absolute atomic E-state index is 9.07. The van der Waals surface area contributed by atoms with E-state index in [4.69, 9.17) is 9.84 Å². The smallest absolute Gasteiger partial charge is 0.0613 e. The Morgan fingerprint density at radius 3 is 2.12 bits per heavy atom. The van der Waals surface area contributed by atoms with Crippen molar-refractivity contribution in [3.63, 3.8) is 0 Å². The Balaban J connectivity index is 3.11. The maximum atomic E-state index is 9.07. The van der Waals surface area contributed by atoms with Crippen LogP contribution in [0.1, 0.15) is 20.3 Å². The molecule has 0 aliphatic carbocycles. The summed E-state index contributed by atoms with van der Waals surface area (Å²) < 4.78 is 4.76. The average Bonchev–Trinajstić information content (AvgIpc) is 1.59. The third-order valence-corrected chi connectivity index (χ3v) is 0.918. The number of hydrogen-bond donors (Lipinski definition) is 1. The number of hydrogen-bond acceptors (Lipinski definition) is 2. The monoisotopic (exact) mass is 118 g/mol. The lowest BCUT2D eigenvalue weighted by atomic mass is 10.1. The summed E-state index contributed by atoms with van der Waals surface area (Å²) in [4.78, 5) is 0. The van der Waals surface area contributed by atoms with Gasteiger partial charge in [0.1, 0.15) is 0 Å². The van der Waals surface area contributed by atoms with E-state index >= 15 is 0 Å². The van der Waals surface area contributed by atoms with Crippen molar-refractivity contribution in [1.29, 1.82) is 0 Å². The predicted molar refractivity (Wildman–Crippen MR) is 32.8 cm³/mol. The van der Waals surface area contributed by atoms with Crippen molar-refractivity contribution in [1.82, 2.24) is 0 Å². The Hall–Kier alpha value is -0.0800. The molecule has 0 aromatic heterocycles. The molecular formula is C6H14O2. The number of rotatable bonds is 3. The summed E-state index contributed by atoms with van der Waals surface area (Å²) in [6.45, 7) is 4.17. The van der Waals surface area contributed by atoms with Gasteiger partial charge in [-0.2, -0.15) is 0 Å². The lowest BCUT2D eigenvalue weighted by Crippen LogP contribution is -2.20. The van der Waals surface area contributed by atoms with E-state index in [9.17, 15) is 0 Å². The maximum Gasteiger partial charge on any atom is 0.0613 e. The molecule has 0 amide bonds. The molecule has 0 saturated heterocycles. The van der Waals surface area contributed by atoms with Crippen molar-refractivity contribution in [2.24, 2.45) is 0 Å². The van der Waals surface area contributed by atoms with Crippen molar-refractivity contribution in [3.8, 4) is 0 Å². The minimum Gasteiger partial charge on any atom is -0.390 e. The molecule has 0 fully saturated rings. The fourth-order valence-corrected chi connectivity index (χ4v) is 0.352. The molecule has 8 heavy (non-hydrogen) atoms. The molecule has 0 heterocycles. The van der Waals surface area contributed by atoms with Crippen molar-refractivity contribution >= 4 is 0 Å². The SMILES string of the molecule is COCCC(C)(C)O. The second kappa shape index (κ2) is 3.05. The van der Waals surface area contributed by atoms with Crippen molar-refractivity contribution < 1.29 is 9.84 Å². The van der Waals surface area contributed by atoms with E-state index in [0.29, 0.717) is 13.0 Å². The quantitative estimate of drug-likeness (QED) is 0.593. The summed E-state index contributed by atoms with van der Waals surface area (Å²) in [6.07, 6.45) is 0.698. The molecule has 0 rings (SSSR count). The molecule has 50 valence electrons. The topological polar surface area (TPSA) is 29.5 Å². The second-order valence-electron chi connectivity index (χ2n) is 2.56. The normalized spacial score (nSPS) is 12.0. The molecular weight excluding hydrogens is 104 g/mol. The first-order valence-electron chi connectivity index (χ1n) is 2.77. The first-order chi connectivity index (χ1) is 3.56. The van der Waals surface area contributed by atoms with E-state index in [1.165, 1.54) is 0 Å². The summed E-state index contributed by atoms with van der Waals surface area (Å²) in [5.41, 5.74) is -0.573. The van der Waals surface area contributed by atoms with Crippen molar-refractivity contribution in [2.45, 2.75) is 25.9 Å². The predicted octanol–water partition coefficient (Wildman–Crippen LogP) is 0.794. The molecule has 0 aliphatic rings. The molecule has 2 heteroatoms. The molecule has 0 bridgehead atoms. The van der Waals surface area contributed by atoms with E-state index in [1.807, 2.05) is 0 Å². The Kier molecular flexibility index (Phi) is 3.02. The van der Waals surface area contributed by atoms with Crippen LogP contribution in [-0.2, 0) is 4.74 Å². The minimum absolute atomic E-state index is 0.573. The van der Waals surface area contributed by atoms with Crippen LogP contribution in [0.2, 0.25) is 0 Å². The van der Waals surface area contributed by atoms with Gasteiger partial charge in [-0.05, 0) is 20.3 Å². The van der Waals surface area contributed by atoms with Gasteiger partial charge in [0.15, 0.2) is 0 Å². The first kappa shape index (κ1) is 7.92. The fourth-order valence-electron chi connectivity index (χ4n) is 0.352. The molecule has 0 aliphatic heterocycles. The van der Waals surface area contributed by atoms with Crippen LogP contribution < -0.4 is 0 Å². The lowest BCUT2D eigenvalue weighted by molar-refractivity contribution is 0.0409. The van der Waals surface area contributed by atoms with Crippen LogP contribution in [0.5, 0.6) is 0 Å². The molecule has 1 N–H and O–H groups in total. The highest BCUT2D eigenvalue weighted by Crippen LogP contribution is 2.05. The second-order valence-corrected chi connectivity index (χ2v) is 2.56. The van der Waals surface area contributed by atoms with Gasteiger partial charge in [0.05, 0.1) is 5.60 Å². The Labute approximate surface area is 50.5 Å². The number of aliphatic hydroxyl groups is 1. The van der Waals surface area contributed by atoms with Crippen LogP contribution in [-0.4, -0.2) is 24.4 Å². The summed E-state index contributed by atoms with van der Waals surface area (Å²) in [7, 11) is 1.63. The molecule has 2 nitrogen and oxygen atoms in total. The molecule has 0 atom stereocenters. The highest BCUT2D eigenvalue weighted by Gasteiger charge is 2.10. The van der Waals surface area contributed by atoms with Crippen molar-refractivity contribution in [3.05, 3.63) is 0 Å². The van der Waals surface area contributed by atoms with E-state index in [-0.39, 0.29) is 0 Å². The lowest BCUT2D eigenvalue weighted by Gasteiger charge is -2.15. The number of ether oxygens (including phenoxy) is 1. The van der Waals surface area contributed by atoms with Gasteiger partial charge in [-0.15, -0.1) is 0 Å². The zero-order chi connectivity index (χ0) is 6.62. The van der Waals surface area contributed by atoms with E-state index in [2.05, 4.69) is 0 Å². The summed E-state index contributed by atoms with van der Waals surface area (Å²) >= 11 is 0. The Morgan fingerprint density at radius 2 is 2.00 bits per heavy atom. The van der Waals surface area contributed by atoms with Crippen LogP contribution in [0.25, 0.3) is 0 Å². The third-order valence-electron chi connectivity index (χ3n) is 0.918. The standard InChI is InChI=1S/C6H14O2/c1-6(2,7)4-5-8-3/h7H,4-5H2,1-3H3. The van der Waals surface area contributed by atoms with Crippen LogP contribution in [0.4, 0.5) is 0 Å². The molecule has 0 spiro atoms. The highest BCUT2D eigenvalue weighted by molar-refractivity contribution is 4.62. The van der Waals surface area contributed by atoms with Crippen LogP contribution in [0, 0.1) is 0 Å². The van der Waals surface area contributed by atoms with Crippen LogP contribution >= 0.6 is 0 Å². The van der Waals surface area contributed by atoms with Gasteiger partial charge in [-0.25, -0.2) is 0 Å². The molecule has 0 radical (unpaired) electrons. The first-order valence-corrected chi connectivity index (χ1v) is 2.77. The summed E-state index contributed by atoms with van der Waals surface area (Å²) in [5.74, 6) is 0. The molecule has 0 saturated carbocycles. The van der Waals surface area contributed by atoms with Gasteiger partial charge >= 0.3 is 0 Å². The van der Waals surface area contributed by atoms with Gasteiger partial charge in [-0.3, -0.25) is 0 Å². The Bertz CT molecular complexity index is 54.0. The van der Waals surface area contributed by atoms with Crippen LogP contribution in [0.3, 0.4) is 0 Å². The van der Waals surface area contributed by atoms with E-state index < -0.39 is 5.60 Å². The van der Waals surface area contributed by atoms with Crippen LogP contribution in [0.15, 0.2) is 0 Å². The summed E-state index contributed by atoms with van der Waals surface area (Å²) in [5, 5.41) is 9.07. The van der Waals surface area contributed by atoms with Gasteiger partial charge in [0.25, 0.3) is 0 Å². The molecule has 0 aromatic rings. The molecule has 0 aromatic carbocycles. The number of methoxy groups -OCH3 is 1. The largest absolute Gasteiger partial charge is 0.390 e. The summed E-state index contributed by atoms with van der Waals surface area (Å²) in [6, 6.07) is 0. The van der Waals surface area contributed by atoms with E-state index in [1.54, 1.807) is 21.0 Å². The van der Waals surface area contributed by atoms with Crippen molar-refractivity contribution in [2.75, 3.05) is 13.7 Å². The zero-order valence-electron chi connectivity index (χ0n) is 5.77. The third kappa shape index (κ3) is 5.92. The minimum atomic E-state index is -0.573. The van der Waals surface area contributed by atoms with Gasteiger partial charge in [0.2, 0.25) is 0 Å².